The summed E-state index contributed by atoms with van der Waals surface area (Å²) in [6.45, 7) is 7.02. The van der Waals surface area contributed by atoms with Crippen LogP contribution in [0.4, 0.5) is 0 Å². The molecule has 324 valence electrons. The number of carboxylic acid groups (broad SMARTS) is 1. The lowest BCUT2D eigenvalue weighted by molar-refractivity contribution is -0.150. The summed E-state index contributed by atoms with van der Waals surface area (Å²) >= 11 is 4.14. The number of carbonyl (C=O) groups excluding carboxylic acids is 7. The third-order valence-corrected chi connectivity index (χ3v) is 9.23. The number of aliphatic carboxylic acids is 1. The van der Waals surface area contributed by atoms with Gasteiger partial charge in [-0.2, -0.15) is 12.6 Å². The number of aliphatic hydroxyl groups is 2. The minimum absolute atomic E-state index is 0.0547. The third-order valence-electron chi connectivity index (χ3n) is 8.87. The molecule has 0 aromatic heterocycles. The zero-order valence-electron chi connectivity index (χ0n) is 33.0. The first-order chi connectivity index (χ1) is 26.7. The highest BCUT2D eigenvalue weighted by molar-refractivity contribution is 7.80. The van der Waals surface area contributed by atoms with Crippen LogP contribution in [-0.4, -0.2) is 154 Å². The number of carbonyl (C=O) groups is 8. The minimum Gasteiger partial charge on any atom is -0.480 e. The van der Waals surface area contributed by atoms with E-state index in [9.17, 15) is 53.7 Å². The Morgan fingerprint density at radius 1 is 0.789 bits per heavy atom. The number of thiol groups is 1. The van der Waals surface area contributed by atoms with Crippen LogP contribution in [0.3, 0.4) is 0 Å². The normalized spacial score (nSPS) is 17.5. The van der Waals surface area contributed by atoms with Crippen molar-refractivity contribution < 1.29 is 53.7 Å². The average Bonchev–Trinajstić information content (AvgIpc) is 3.64. The Morgan fingerprint density at radius 3 is 1.84 bits per heavy atom. The van der Waals surface area contributed by atoms with Gasteiger partial charge in [0.25, 0.3) is 0 Å². The van der Waals surface area contributed by atoms with Gasteiger partial charge < -0.3 is 69.3 Å². The fourth-order valence-corrected chi connectivity index (χ4v) is 6.07. The van der Waals surface area contributed by atoms with Crippen LogP contribution in [-0.2, 0) is 38.4 Å². The van der Waals surface area contributed by atoms with E-state index in [-0.39, 0.29) is 56.4 Å². The van der Waals surface area contributed by atoms with Crippen LogP contribution in [0.1, 0.15) is 66.7 Å². The highest BCUT2D eigenvalue weighted by Gasteiger charge is 2.40. The number of hydrogen-bond acceptors (Lipinski definition) is 13. The van der Waals surface area contributed by atoms with Gasteiger partial charge in [0.2, 0.25) is 41.4 Å². The number of guanidine groups is 1. The Bertz CT molecular complexity index is 1450. The summed E-state index contributed by atoms with van der Waals surface area (Å²) in [6, 6.07) is -9.28. The third kappa shape index (κ3) is 16.7. The van der Waals surface area contributed by atoms with E-state index in [4.69, 9.17) is 17.2 Å². The van der Waals surface area contributed by atoms with E-state index in [1.54, 1.807) is 27.7 Å². The summed E-state index contributed by atoms with van der Waals surface area (Å²) in [7, 11) is 0. The van der Waals surface area contributed by atoms with Crippen molar-refractivity contribution >= 4 is 65.9 Å². The Hall–Kier alpha value is -4.74. The number of carboxylic acids is 1. The van der Waals surface area contributed by atoms with E-state index in [0.29, 0.717) is 6.42 Å². The Kier molecular flexibility index (Phi) is 21.9. The first-order valence-corrected chi connectivity index (χ1v) is 19.3. The lowest BCUT2D eigenvalue weighted by atomic mass is 9.98. The number of amides is 7. The maximum atomic E-state index is 13.8. The zero-order chi connectivity index (χ0) is 43.6. The maximum Gasteiger partial charge on any atom is 0.326 e. The average molecular weight is 832 g/mol. The monoisotopic (exact) mass is 831 g/mol. The number of likely N-dealkylation sites (tertiary alicyclic amines) is 1. The molecular weight excluding hydrogens is 771 g/mol. The lowest BCUT2D eigenvalue weighted by Gasteiger charge is -2.31. The van der Waals surface area contributed by atoms with Crippen LogP contribution in [0.5, 0.6) is 0 Å². The molecule has 57 heavy (non-hydrogen) atoms. The molecule has 7 amide bonds. The van der Waals surface area contributed by atoms with Crippen LogP contribution < -0.4 is 49.1 Å². The van der Waals surface area contributed by atoms with Gasteiger partial charge in [0.05, 0.1) is 19.3 Å². The second kappa shape index (κ2) is 24.8. The largest absolute Gasteiger partial charge is 0.480 e. The van der Waals surface area contributed by atoms with Crippen molar-refractivity contribution in [2.75, 3.05) is 32.0 Å². The maximum absolute atomic E-state index is 13.8. The van der Waals surface area contributed by atoms with Crippen LogP contribution in [0, 0.1) is 11.8 Å². The summed E-state index contributed by atoms with van der Waals surface area (Å²) in [5.41, 5.74) is 16.1. The number of hydrogen-bond donors (Lipinski definition) is 13. The molecule has 1 rings (SSSR count). The molecule has 1 heterocycles. The molecule has 0 aliphatic carbocycles. The summed E-state index contributed by atoms with van der Waals surface area (Å²) in [6.07, 6.45) is -0.423. The molecule has 0 radical (unpaired) electrons. The van der Waals surface area contributed by atoms with Gasteiger partial charge in [-0.3, -0.25) is 38.6 Å². The highest BCUT2D eigenvalue weighted by atomic mass is 32.1. The summed E-state index contributed by atoms with van der Waals surface area (Å²) in [5, 5.41) is 44.0. The number of aliphatic imine (C=N–C) groups is 1. The van der Waals surface area contributed by atoms with Crippen LogP contribution >= 0.6 is 12.6 Å². The summed E-state index contributed by atoms with van der Waals surface area (Å²) in [5.74, 6) is -8.11. The van der Waals surface area contributed by atoms with E-state index >= 15 is 0 Å². The van der Waals surface area contributed by atoms with E-state index in [2.05, 4.69) is 49.5 Å². The SMILES string of the molecule is CC(C)C[C@H](NC(=O)[C@H](CCCN=C(N)N)NC(=O)[C@H](CS)NC(=O)[C@H](CO)NC(=O)[C@@H](NC(=O)CN)[C@@H](C)O)C(=O)N[C@H](C(=O)N1CCC[C@H]1C(=O)O)C(C)C. The van der Waals surface area contributed by atoms with Gasteiger partial charge in [-0.15, -0.1) is 0 Å². The molecule has 0 bridgehead atoms. The smallest absolute Gasteiger partial charge is 0.326 e. The zero-order valence-corrected chi connectivity index (χ0v) is 33.9. The van der Waals surface area contributed by atoms with Crippen LogP contribution in [0.25, 0.3) is 0 Å². The summed E-state index contributed by atoms with van der Waals surface area (Å²) < 4.78 is 0. The molecule has 23 heteroatoms. The standard InChI is InChI=1S/C34H61N11O11S/c1-16(2)12-20(28(50)44-25(17(3)4)32(54)45-11-7-9-23(45)33(55)56)40-27(49)19(8-6-10-38-34(36)37)39-30(52)22(15-57)42-29(51)21(14-46)41-31(53)26(18(5)47)43-24(48)13-35/h16-23,25-26,46-47,57H,6-15,35H2,1-5H3,(H,39,52)(H,40,49)(H,41,53)(H,42,51)(H,43,48)(H,44,50)(H,55,56)(H4,36,37,38)/t18-,19+,20+,21+,22+,23+,25+,26+/m1/s1. The van der Waals surface area contributed by atoms with Crippen molar-refractivity contribution in [1.29, 1.82) is 0 Å². The molecule has 15 N–H and O–H groups in total. The molecule has 0 saturated carbocycles. The topological polar surface area (TPSA) is 363 Å². The van der Waals surface area contributed by atoms with E-state index in [1.807, 2.05) is 0 Å². The predicted molar refractivity (Wildman–Crippen MR) is 210 cm³/mol. The van der Waals surface area contributed by atoms with Crippen molar-refractivity contribution in [2.45, 2.75) is 115 Å². The molecule has 8 atom stereocenters. The minimum atomic E-state index is -1.65. The van der Waals surface area contributed by atoms with E-state index in [1.165, 1.54) is 11.8 Å². The molecular formula is C34H61N11O11S. The number of nitrogens with one attached hydrogen (secondary N) is 6. The van der Waals surface area contributed by atoms with Crippen LogP contribution in [0.2, 0.25) is 0 Å². The van der Waals surface area contributed by atoms with Gasteiger partial charge in [-0.1, -0.05) is 27.7 Å². The van der Waals surface area contributed by atoms with Crippen molar-refractivity contribution in [3.05, 3.63) is 0 Å². The molecule has 1 aliphatic heterocycles. The lowest BCUT2D eigenvalue weighted by Crippen LogP contribution is -2.61. The van der Waals surface area contributed by atoms with E-state index < -0.39 is 115 Å². The second-order valence-corrected chi connectivity index (χ2v) is 14.8. The molecule has 1 fully saturated rings. The summed E-state index contributed by atoms with van der Waals surface area (Å²) in [4.78, 5) is 109. The second-order valence-electron chi connectivity index (χ2n) is 14.4. The van der Waals surface area contributed by atoms with Crippen LogP contribution in [0.15, 0.2) is 4.99 Å². The van der Waals surface area contributed by atoms with Gasteiger partial charge >= 0.3 is 5.97 Å². The molecule has 0 aromatic carbocycles. The number of nitrogens with zero attached hydrogens (tertiary/aromatic N) is 2. The molecule has 22 nitrogen and oxygen atoms in total. The van der Waals surface area contributed by atoms with Gasteiger partial charge in [-0.25, -0.2) is 4.79 Å². The van der Waals surface area contributed by atoms with Crippen molar-refractivity contribution in [1.82, 2.24) is 36.8 Å². The van der Waals surface area contributed by atoms with Crippen molar-refractivity contribution in [3.63, 3.8) is 0 Å². The number of nitrogens with two attached hydrogens (primary N) is 3. The molecule has 0 spiro atoms. The Balaban J connectivity index is 3.25. The first kappa shape index (κ1) is 50.3. The molecule has 0 unspecified atom stereocenters. The Labute approximate surface area is 337 Å². The molecule has 1 aliphatic rings. The van der Waals surface area contributed by atoms with Gasteiger partial charge in [-0.05, 0) is 50.9 Å². The predicted octanol–water partition coefficient (Wildman–Crippen LogP) is -5.01. The van der Waals surface area contributed by atoms with Crippen molar-refractivity contribution in [2.24, 2.45) is 34.0 Å². The number of rotatable bonds is 24. The fraction of sp³-hybridized carbons (Fsp3) is 0.735. The van der Waals surface area contributed by atoms with Gasteiger partial charge in [0.15, 0.2) is 5.96 Å². The molecule has 1 saturated heterocycles. The van der Waals surface area contributed by atoms with Gasteiger partial charge in [0.1, 0.15) is 42.3 Å². The highest BCUT2D eigenvalue weighted by Crippen LogP contribution is 2.21. The van der Waals surface area contributed by atoms with Gasteiger partial charge in [0, 0.05) is 18.8 Å². The molecule has 0 aromatic rings. The Morgan fingerprint density at radius 2 is 1.33 bits per heavy atom. The first-order valence-electron chi connectivity index (χ1n) is 18.7. The number of aliphatic hydroxyl groups excluding tert-OH is 2. The van der Waals surface area contributed by atoms with E-state index in [0.717, 1.165) is 0 Å². The fourth-order valence-electron chi connectivity index (χ4n) is 5.81. The van der Waals surface area contributed by atoms with Crippen molar-refractivity contribution in [3.8, 4) is 0 Å². The quantitative estimate of drug-likeness (QED) is 0.0188.